The molecule has 5 aromatic rings. The molecule has 0 unspecified atom stereocenters. The molecule has 8 heteroatoms. The van der Waals surface area contributed by atoms with Gasteiger partial charge in [0.1, 0.15) is 22.4 Å². The molecule has 28 heavy (non-hydrogen) atoms. The first-order chi connectivity index (χ1) is 13.8. The number of thiazole rings is 1. The summed E-state index contributed by atoms with van der Waals surface area (Å²) in [5.41, 5.74) is 3.69. The Morgan fingerprint density at radius 2 is 2.04 bits per heavy atom. The molecular formula is C20H16N6OS. The second-order valence-electron chi connectivity index (χ2n) is 6.28. The van der Waals surface area contributed by atoms with Crippen LogP contribution in [0.4, 0.5) is 11.5 Å². The number of hydrogen-bond donors (Lipinski definition) is 2. The molecule has 0 aliphatic rings. The number of aromatic nitrogens is 5. The van der Waals surface area contributed by atoms with Crippen LogP contribution in [0.1, 0.15) is 10.6 Å². The van der Waals surface area contributed by atoms with Gasteiger partial charge >= 0.3 is 0 Å². The second-order valence-corrected chi connectivity index (χ2v) is 7.34. The number of fused-ring (bicyclic) bond motifs is 2. The molecule has 0 saturated heterocycles. The Hall–Kier alpha value is -3.52. The molecule has 0 radical (unpaired) electrons. The molecule has 0 bridgehead atoms. The Kier molecular flexibility index (Phi) is 4.10. The highest BCUT2D eigenvalue weighted by Gasteiger charge is 2.14. The molecule has 138 valence electrons. The van der Waals surface area contributed by atoms with Crippen LogP contribution in [0.2, 0.25) is 0 Å². The van der Waals surface area contributed by atoms with E-state index in [9.17, 15) is 0 Å². The third-order valence-electron chi connectivity index (χ3n) is 4.45. The summed E-state index contributed by atoms with van der Waals surface area (Å²) < 4.78 is 5.52. The molecule has 0 fully saturated rings. The fraction of sp³-hybridized carbons (Fsp3) is 0.100. The maximum Gasteiger partial charge on any atom is 0.161 e. The van der Waals surface area contributed by atoms with Crippen molar-refractivity contribution in [3.05, 3.63) is 65.6 Å². The molecule has 0 aliphatic carbocycles. The van der Waals surface area contributed by atoms with Gasteiger partial charge in [-0.1, -0.05) is 41.7 Å². The molecule has 3 heterocycles. The number of benzene rings is 2. The van der Waals surface area contributed by atoms with Crippen LogP contribution >= 0.6 is 11.3 Å². The first-order valence-corrected chi connectivity index (χ1v) is 9.54. The minimum absolute atomic E-state index is 0.654. The number of nitrogens with zero attached hydrogens (tertiary/aromatic N) is 4. The Labute approximate surface area is 164 Å². The van der Waals surface area contributed by atoms with Crippen LogP contribution in [-0.4, -0.2) is 32.3 Å². The molecule has 0 aliphatic heterocycles. The van der Waals surface area contributed by atoms with Gasteiger partial charge in [0.25, 0.3) is 0 Å². The van der Waals surface area contributed by atoms with Gasteiger partial charge in [0, 0.05) is 17.9 Å². The fourth-order valence-corrected chi connectivity index (χ4v) is 4.04. The van der Waals surface area contributed by atoms with E-state index >= 15 is 0 Å². The monoisotopic (exact) mass is 388 g/mol. The summed E-state index contributed by atoms with van der Waals surface area (Å²) in [4.78, 5) is 14.4. The van der Waals surface area contributed by atoms with E-state index < -0.39 is 0 Å². The zero-order chi connectivity index (χ0) is 18.9. The van der Waals surface area contributed by atoms with Crippen LogP contribution in [0.15, 0.2) is 55.0 Å². The maximum atomic E-state index is 5.52. The van der Waals surface area contributed by atoms with Crippen LogP contribution in [0, 0.1) is 0 Å². The minimum atomic E-state index is 0.654. The molecule has 0 amide bonds. The van der Waals surface area contributed by atoms with Gasteiger partial charge in [-0.3, -0.25) is 5.10 Å². The van der Waals surface area contributed by atoms with Gasteiger partial charge in [-0.2, -0.15) is 5.10 Å². The number of methoxy groups -OCH3 is 1. The Morgan fingerprint density at radius 3 is 2.89 bits per heavy atom. The average Bonchev–Trinajstić information content (AvgIpc) is 3.34. The van der Waals surface area contributed by atoms with E-state index in [1.54, 1.807) is 31.0 Å². The van der Waals surface area contributed by atoms with Crippen LogP contribution in [0.5, 0.6) is 5.75 Å². The van der Waals surface area contributed by atoms with Gasteiger partial charge in [-0.05, 0) is 11.6 Å². The van der Waals surface area contributed by atoms with E-state index in [0.717, 1.165) is 38.4 Å². The predicted molar refractivity (Wildman–Crippen MR) is 110 cm³/mol. The fourth-order valence-electron chi connectivity index (χ4n) is 3.10. The number of nitrogens with one attached hydrogen (secondary N) is 2. The summed E-state index contributed by atoms with van der Waals surface area (Å²) in [6, 6.07) is 14.2. The van der Waals surface area contributed by atoms with E-state index in [4.69, 9.17) is 9.72 Å². The quantitative estimate of drug-likeness (QED) is 0.466. The average molecular weight is 388 g/mol. The van der Waals surface area contributed by atoms with E-state index in [1.165, 1.54) is 5.56 Å². The summed E-state index contributed by atoms with van der Waals surface area (Å²) in [5, 5.41) is 12.4. The lowest BCUT2D eigenvalue weighted by molar-refractivity contribution is 0.417. The molecule has 7 nitrogen and oxygen atoms in total. The molecule has 0 spiro atoms. The van der Waals surface area contributed by atoms with E-state index in [2.05, 4.69) is 37.6 Å². The standard InChI is InChI=1S/C20H16N6OS/c1-27-16-9-14-13(10-23-26-14)8-15(16)24-19-18-20(22-11-21-19)28-17(25-18)7-12-5-3-2-4-6-12/h2-6,8-11H,7H2,1H3,(H,23,26)(H,21,22,24). The van der Waals surface area contributed by atoms with Crippen molar-refractivity contribution < 1.29 is 4.74 Å². The van der Waals surface area contributed by atoms with Crippen molar-refractivity contribution in [1.82, 2.24) is 25.1 Å². The molecule has 2 N–H and O–H groups in total. The lowest BCUT2D eigenvalue weighted by Gasteiger charge is -2.10. The van der Waals surface area contributed by atoms with Crippen molar-refractivity contribution >= 4 is 44.1 Å². The second kappa shape index (κ2) is 6.90. The van der Waals surface area contributed by atoms with Crippen molar-refractivity contribution in [1.29, 1.82) is 0 Å². The largest absolute Gasteiger partial charge is 0.494 e. The summed E-state index contributed by atoms with van der Waals surface area (Å²) in [6.07, 6.45) is 4.10. The van der Waals surface area contributed by atoms with Gasteiger partial charge < -0.3 is 10.1 Å². The number of hydrogen-bond acceptors (Lipinski definition) is 7. The van der Waals surface area contributed by atoms with E-state index in [0.29, 0.717) is 11.6 Å². The third-order valence-corrected chi connectivity index (χ3v) is 5.41. The number of ether oxygens (including phenoxy) is 1. The Balaban J connectivity index is 1.52. The Bertz CT molecular complexity index is 1260. The molecule has 5 rings (SSSR count). The molecule has 0 atom stereocenters. The molecule has 3 aromatic heterocycles. The molecule has 2 aromatic carbocycles. The lowest BCUT2D eigenvalue weighted by Crippen LogP contribution is -1.98. The van der Waals surface area contributed by atoms with Crippen molar-refractivity contribution in [3.8, 4) is 5.75 Å². The molecule has 0 saturated carbocycles. The number of aromatic amines is 1. The topological polar surface area (TPSA) is 88.6 Å². The van der Waals surface area contributed by atoms with Crippen molar-refractivity contribution in [2.24, 2.45) is 0 Å². The van der Waals surface area contributed by atoms with Gasteiger partial charge in [0.2, 0.25) is 0 Å². The first kappa shape index (κ1) is 16.6. The zero-order valence-electron chi connectivity index (χ0n) is 15.0. The SMILES string of the molecule is COc1cc2[nH]ncc2cc1Nc1ncnc2sc(Cc3ccccc3)nc12. The highest BCUT2D eigenvalue weighted by atomic mass is 32.1. The predicted octanol–water partition coefficient (Wildman–Crippen LogP) is 4.31. The van der Waals surface area contributed by atoms with Gasteiger partial charge in [0.15, 0.2) is 5.82 Å². The first-order valence-electron chi connectivity index (χ1n) is 8.72. The summed E-state index contributed by atoms with van der Waals surface area (Å²) in [5.74, 6) is 1.35. The van der Waals surface area contributed by atoms with Gasteiger partial charge in [0.05, 0.1) is 29.5 Å². The Morgan fingerprint density at radius 1 is 1.14 bits per heavy atom. The van der Waals surface area contributed by atoms with Gasteiger partial charge in [-0.15, -0.1) is 0 Å². The van der Waals surface area contributed by atoms with E-state index in [-0.39, 0.29) is 0 Å². The van der Waals surface area contributed by atoms with Crippen molar-refractivity contribution in [2.75, 3.05) is 12.4 Å². The summed E-state index contributed by atoms with van der Waals surface area (Å²) in [7, 11) is 1.64. The zero-order valence-corrected chi connectivity index (χ0v) is 15.8. The summed E-state index contributed by atoms with van der Waals surface area (Å²) in [6.45, 7) is 0. The van der Waals surface area contributed by atoms with Crippen LogP contribution < -0.4 is 10.1 Å². The number of H-pyrrole nitrogens is 1. The lowest BCUT2D eigenvalue weighted by atomic mass is 10.2. The van der Waals surface area contributed by atoms with Crippen molar-refractivity contribution in [3.63, 3.8) is 0 Å². The van der Waals surface area contributed by atoms with Gasteiger partial charge in [-0.25, -0.2) is 15.0 Å². The van der Waals surface area contributed by atoms with Crippen LogP contribution in [0.25, 0.3) is 21.3 Å². The highest BCUT2D eigenvalue weighted by molar-refractivity contribution is 7.18. The van der Waals surface area contributed by atoms with Crippen molar-refractivity contribution in [2.45, 2.75) is 6.42 Å². The number of anilines is 2. The van der Waals surface area contributed by atoms with Crippen LogP contribution in [-0.2, 0) is 6.42 Å². The summed E-state index contributed by atoms with van der Waals surface area (Å²) >= 11 is 1.58. The maximum absolute atomic E-state index is 5.52. The highest BCUT2D eigenvalue weighted by Crippen LogP contribution is 2.34. The van der Waals surface area contributed by atoms with E-state index in [1.807, 2.05) is 30.3 Å². The number of rotatable bonds is 5. The smallest absolute Gasteiger partial charge is 0.161 e. The van der Waals surface area contributed by atoms with Crippen LogP contribution in [0.3, 0.4) is 0 Å². The third kappa shape index (κ3) is 3.03. The minimum Gasteiger partial charge on any atom is -0.494 e. The normalized spacial score (nSPS) is 11.2. The molecular weight excluding hydrogens is 372 g/mol.